The van der Waals surface area contributed by atoms with Crippen LogP contribution < -0.4 is 11.1 Å². The highest BCUT2D eigenvalue weighted by Crippen LogP contribution is 2.34. The van der Waals surface area contributed by atoms with Gasteiger partial charge in [0.05, 0.1) is 0 Å². The Labute approximate surface area is 62.2 Å². The molecule has 58 valence electrons. The maximum absolute atomic E-state index is 5.95. The van der Waals surface area contributed by atoms with E-state index >= 15 is 0 Å². The third kappa shape index (κ3) is 0.956. The van der Waals surface area contributed by atoms with Gasteiger partial charge in [-0.3, -0.25) is 0 Å². The second-order valence-corrected chi connectivity index (χ2v) is 3.66. The van der Waals surface area contributed by atoms with E-state index in [1.165, 1.54) is 32.4 Å². The van der Waals surface area contributed by atoms with Crippen LogP contribution in [0.1, 0.15) is 19.3 Å². The van der Waals surface area contributed by atoms with Gasteiger partial charge in [-0.1, -0.05) is 0 Å². The minimum Gasteiger partial charge on any atom is -0.327 e. The molecule has 2 rings (SSSR count). The summed E-state index contributed by atoms with van der Waals surface area (Å²) in [7, 11) is 0. The molecule has 1 saturated carbocycles. The number of fused-ring (bicyclic) bond motifs is 1. The molecule has 0 bridgehead atoms. The largest absolute Gasteiger partial charge is 0.327 e. The summed E-state index contributed by atoms with van der Waals surface area (Å²) in [6.45, 7) is 2.39. The molecule has 10 heavy (non-hydrogen) atoms. The van der Waals surface area contributed by atoms with Gasteiger partial charge in [0.15, 0.2) is 0 Å². The first kappa shape index (κ1) is 6.62. The maximum atomic E-state index is 5.95. The summed E-state index contributed by atoms with van der Waals surface area (Å²) in [5, 5.41) is 3.41. The summed E-state index contributed by atoms with van der Waals surface area (Å²) in [5.74, 6) is 1.75. The van der Waals surface area contributed by atoms with Crippen LogP contribution in [0.15, 0.2) is 0 Å². The lowest BCUT2D eigenvalue weighted by atomic mass is 9.88. The van der Waals surface area contributed by atoms with E-state index in [-0.39, 0.29) is 0 Å². The molecule has 0 amide bonds. The lowest BCUT2D eigenvalue weighted by Gasteiger charge is -2.28. The predicted molar refractivity (Wildman–Crippen MR) is 41.7 cm³/mol. The summed E-state index contributed by atoms with van der Waals surface area (Å²) in [4.78, 5) is 0. The van der Waals surface area contributed by atoms with Gasteiger partial charge < -0.3 is 11.1 Å². The molecule has 2 heteroatoms. The highest BCUT2D eigenvalue weighted by Gasteiger charge is 2.34. The quantitative estimate of drug-likeness (QED) is 0.509. The van der Waals surface area contributed by atoms with E-state index < -0.39 is 0 Å². The fourth-order valence-corrected chi connectivity index (χ4v) is 2.42. The molecule has 1 aliphatic heterocycles. The third-order valence-corrected chi connectivity index (χ3v) is 3.10. The molecular weight excluding hydrogens is 124 g/mol. The highest BCUT2D eigenvalue weighted by molar-refractivity contribution is 4.91. The van der Waals surface area contributed by atoms with E-state index in [1.54, 1.807) is 0 Å². The van der Waals surface area contributed by atoms with Crippen LogP contribution in [-0.4, -0.2) is 19.1 Å². The average molecular weight is 140 g/mol. The van der Waals surface area contributed by atoms with E-state index in [4.69, 9.17) is 5.73 Å². The van der Waals surface area contributed by atoms with E-state index in [0.29, 0.717) is 6.04 Å². The molecule has 1 aliphatic carbocycles. The first-order chi connectivity index (χ1) is 4.88. The van der Waals surface area contributed by atoms with E-state index in [2.05, 4.69) is 5.32 Å². The van der Waals surface area contributed by atoms with Crippen molar-refractivity contribution < 1.29 is 0 Å². The zero-order chi connectivity index (χ0) is 6.97. The molecule has 0 radical (unpaired) electrons. The lowest BCUT2D eigenvalue weighted by Crippen LogP contribution is -2.41. The molecule has 1 heterocycles. The fraction of sp³-hybridized carbons (Fsp3) is 1.00. The third-order valence-electron chi connectivity index (χ3n) is 3.10. The van der Waals surface area contributed by atoms with Crippen LogP contribution in [-0.2, 0) is 0 Å². The van der Waals surface area contributed by atoms with Gasteiger partial charge in [-0.15, -0.1) is 0 Å². The van der Waals surface area contributed by atoms with Crippen molar-refractivity contribution in [3.05, 3.63) is 0 Å². The topological polar surface area (TPSA) is 38.0 Å². The van der Waals surface area contributed by atoms with Crippen LogP contribution in [0.5, 0.6) is 0 Å². The van der Waals surface area contributed by atoms with Gasteiger partial charge in [-0.25, -0.2) is 0 Å². The standard InChI is InChI=1S/C8H16N2/c9-8-2-1-6-3-4-10-5-7(6)8/h6-8,10H,1-5,9H2/t6-,7+,8-/m0/s1. The average Bonchev–Trinajstić information content (AvgIpc) is 2.34. The molecule has 3 N–H and O–H groups in total. The van der Waals surface area contributed by atoms with Crippen molar-refractivity contribution >= 4 is 0 Å². The molecule has 0 aromatic heterocycles. The molecule has 0 aromatic rings. The molecular formula is C8H16N2. The summed E-state index contributed by atoms with van der Waals surface area (Å²) in [6, 6.07) is 0.498. The summed E-state index contributed by atoms with van der Waals surface area (Å²) >= 11 is 0. The smallest absolute Gasteiger partial charge is 0.00820 e. The molecule has 0 unspecified atom stereocenters. The number of nitrogens with two attached hydrogens (primary N) is 1. The minimum atomic E-state index is 0.498. The Morgan fingerprint density at radius 1 is 1.20 bits per heavy atom. The van der Waals surface area contributed by atoms with Crippen LogP contribution in [0.25, 0.3) is 0 Å². The van der Waals surface area contributed by atoms with Crippen molar-refractivity contribution in [1.29, 1.82) is 0 Å². The van der Waals surface area contributed by atoms with E-state index in [0.717, 1.165) is 11.8 Å². The van der Waals surface area contributed by atoms with Crippen LogP contribution in [0.4, 0.5) is 0 Å². The molecule has 2 aliphatic rings. The van der Waals surface area contributed by atoms with Gasteiger partial charge in [0.1, 0.15) is 0 Å². The molecule has 0 aromatic carbocycles. The second-order valence-electron chi connectivity index (χ2n) is 3.66. The summed E-state index contributed by atoms with van der Waals surface area (Å²) < 4.78 is 0. The van der Waals surface area contributed by atoms with Crippen LogP contribution in [0, 0.1) is 11.8 Å². The van der Waals surface area contributed by atoms with Crippen molar-refractivity contribution in [3.8, 4) is 0 Å². The molecule has 2 fully saturated rings. The molecule has 2 nitrogen and oxygen atoms in total. The Balaban J connectivity index is 2.01. The van der Waals surface area contributed by atoms with Gasteiger partial charge in [0.25, 0.3) is 0 Å². The SMILES string of the molecule is N[C@H]1CC[C@H]2CCNC[C@H]21. The number of piperidine rings is 1. The Kier molecular flexibility index (Phi) is 1.66. The second kappa shape index (κ2) is 2.51. The normalized spacial score (nSPS) is 47.1. The van der Waals surface area contributed by atoms with Gasteiger partial charge in [0, 0.05) is 6.04 Å². The number of rotatable bonds is 0. The van der Waals surface area contributed by atoms with Crippen LogP contribution in [0.3, 0.4) is 0 Å². The predicted octanol–water partition coefficient (Wildman–Crippen LogP) is 0.333. The van der Waals surface area contributed by atoms with E-state index in [9.17, 15) is 0 Å². The first-order valence-electron chi connectivity index (χ1n) is 4.34. The van der Waals surface area contributed by atoms with Crippen molar-refractivity contribution in [1.82, 2.24) is 5.32 Å². The van der Waals surface area contributed by atoms with Crippen molar-refractivity contribution in [3.63, 3.8) is 0 Å². The Bertz CT molecular complexity index is 122. The Morgan fingerprint density at radius 2 is 2.10 bits per heavy atom. The summed E-state index contributed by atoms with van der Waals surface area (Å²) in [5.41, 5.74) is 5.95. The van der Waals surface area contributed by atoms with E-state index in [1.807, 2.05) is 0 Å². The van der Waals surface area contributed by atoms with Crippen LogP contribution in [0.2, 0.25) is 0 Å². The van der Waals surface area contributed by atoms with Crippen molar-refractivity contribution in [2.75, 3.05) is 13.1 Å². The summed E-state index contributed by atoms with van der Waals surface area (Å²) in [6.07, 6.45) is 4.00. The van der Waals surface area contributed by atoms with Gasteiger partial charge in [-0.2, -0.15) is 0 Å². The number of hydrogen-bond donors (Lipinski definition) is 2. The van der Waals surface area contributed by atoms with Crippen LogP contribution >= 0.6 is 0 Å². The molecule has 3 atom stereocenters. The fourth-order valence-electron chi connectivity index (χ4n) is 2.42. The first-order valence-corrected chi connectivity index (χ1v) is 4.34. The lowest BCUT2D eigenvalue weighted by molar-refractivity contribution is 0.278. The monoisotopic (exact) mass is 140 g/mol. The molecule has 0 spiro atoms. The molecule has 1 saturated heterocycles. The zero-order valence-corrected chi connectivity index (χ0v) is 6.34. The van der Waals surface area contributed by atoms with Gasteiger partial charge in [0.2, 0.25) is 0 Å². The Morgan fingerprint density at radius 3 is 2.90 bits per heavy atom. The van der Waals surface area contributed by atoms with Gasteiger partial charge in [-0.05, 0) is 44.2 Å². The van der Waals surface area contributed by atoms with Crippen molar-refractivity contribution in [2.24, 2.45) is 17.6 Å². The van der Waals surface area contributed by atoms with Gasteiger partial charge >= 0.3 is 0 Å². The zero-order valence-electron chi connectivity index (χ0n) is 6.34. The number of hydrogen-bond acceptors (Lipinski definition) is 2. The van der Waals surface area contributed by atoms with Crippen molar-refractivity contribution in [2.45, 2.75) is 25.3 Å². The number of nitrogens with one attached hydrogen (secondary N) is 1. The Hall–Kier alpha value is -0.0800. The minimum absolute atomic E-state index is 0.498. The highest BCUT2D eigenvalue weighted by atomic mass is 14.9. The maximum Gasteiger partial charge on any atom is 0.00820 e.